The second-order valence-corrected chi connectivity index (χ2v) is 7.88. The smallest absolute Gasteiger partial charge is 0.119 e. The fraction of sp³-hybridized carbons (Fsp3) is 0.280. The fourth-order valence-electron chi connectivity index (χ4n) is 4.93. The van der Waals surface area contributed by atoms with E-state index >= 15 is 0 Å². The number of aliphatic hydroxyl groups is 1. The van der Waals surface area contributed by atoms with Gasteiger partial charge in [0.15, 0.2) is 0 Å². The third kappa shape index (κ3) is 3.20. The molecule has 0 bridgehead atoms. The molecule has 1 saturated heterocycles. The van der Waals surface area contributed by atoms with Crippen LogP contribution in [0.1, 0.15) is 42.1 Å². The molecule has 2 nitrogen and oxygen atoms in total. The summed E-state index contributed by atoms with van der Waals surface area (Å²) in [5.74, 6) is 0.0993. The van der Waals surface area contributed by atoms with Gasteiger partial charge in [-0.2, -0.15) is 0 Å². The van der Waals surface area contributed by atoms with E-state index in [1.165, 1.54) is 16.0 Å². The first-order chi connectivity index (χ1) is 13.1. The molecule has 27 heavy (non-hydrogen) atoms. The number of hydrogen-bond donors (Lipinski definition) is 2. The molecule has 1 aliphatic rings. The Labute approximate surface area is 162 Å². The van der Waals surface area contributed by atoms with Crippen molar-refractivity contribution in [1.29, 1.82) is 0 Å². The van der Waals surface area contributed by atoms with Crippen LogP contribution in [0, 0.1) is 5.92 Å². The second kappa shape index (κ2) is 7.30. The third-order valence-corrected chi connectivity index (χ3v) is 6.44. The van der Waals surface area contributed by atoms with Gasteiger partial charge in [-0.05, 0) is 5.56 Å². The molecule has 1 unspecified atom stereocenters. The molecule has 3 aromatic rings. The van der Waals surface area contributed by atoms with Crippen LogP contribution in [0.4, 0.5) is 0 Å². The molecule has 0 aliphatic carbocycles. The zero-order chi connectivity index (χ0) is 18.9. The van der Waals surface area contributed by atoms with E-state index in [0.29, 0.717) is 0 Å². The van der Waals surface area contributed by atoms with E-state index in [0.717, 1.165) is 12.0 Å². The Morgan fingerprint density at radius 3 is 1.81 bits per heavy atom. The lowest BCUT2D eigenvalue weighted by atomic mass is 9.68. The van der Waals surface area contributed by atoms with Gasteiger partial charge in [0.1, 0.15) is 17.7 Å². The highest BCUT2D eigenvalue weighted by Crippen LogP contribution is 2.45. The minimum atomic E-state index is -0.859. The number of hydrogen-bond acceptors (Lipinski definition) is 1. The van der Waals surface area contributed by atoms with Crippen molar-refractivity contribution in [2.75, 3.05) is 7.05 Å². The molecule has 2 N–H and O–H groups in total. The van der Waals surface area contributed by atoms with Gasteiger partial charge in [0, 0.05) is 23.5 Å². The van der Waals surface area contributed by atoms with Crippen LogP contribution in [0.5, 0.6) is 0 Å². The molecule has 0 amide bonds. The highest BCUT2D eigenvalue weighted by molar-refractivity contribution is 5.29. The first-order valence-electron chi connectivity index (χ1n) is 9.82. The quantitative estimate of drug-likeness (QED) is 0.729. The summed E-state index contributed by atoms with van der Waals surface area (Å²) >= 11 is 0. The normalized spacial score (nSPS) is 30.8. The zero-order valence-electron chi connectivity index (χ0n) is 16.0. The van der Waals surface area contributed by atoms with Crippen LogP contribution in [0.3, 0.4) is 0 Å². The lowest BCUT2D eigenvalue weighted by Crippen LogP contribution is -3.12. The van der Waals surface area contributed by atoms with E-state index in [-0.39, 0.29) is 18.0 Å². The van der Waals surface area contributed by atoms with Crippen LogP contribution in [0.15, 0.2) is 91.0 Å². The van der Waals surface area contributed by atoms with Gasteiger partial charge in [0.05, 0.1) is 7.05 Å². The minimum Gasteiger partial charge on any atom is -0.384 e. The number of piperidine rings is 1. The average molecular weight is 359 g/mol. The number of quaternary nitrogens is 1. The molecule has 4 rings (SSSR count). The summed E-state index contributed by atoms with van der Waals surface area (Å²) in [5, 5.41) is 12.0. The molecule has 1 aliphatic heterocycles. The average Bonchev–Trinajstić information content (AvgIpc) is 2.73. The first kappa shape index (κ1) is 18.0. The van der Waals surface area contributed by atoms with Crippen molar-refractivity contribution in [1.82, 2.24) is 0 Å². The van der Waals surface area contributed by atoms with Gasteiger partial charge < -0.3 is 10.0 Å². The van der Waals surface area contributed by atoms with Gasteiger partial charge in [-0.3, -0.25) is 0 Å². The van der Waals surface area contributed by atoms with Gasteiger partial charge in [0.2, 0.25) is 0 Å². The Bertz CT molecular complexity index is 865. The molecule has 0 aromatic heterocycles. The van der Waals surface area contributed by atoms with E-state index in [2.05, 4.69) is 86.8 Å². The lowest BCUT2D eigenvalue weighted by Gasteiger charge is -2.49. The van der Waals surface area contributed by atoms with Crippen molar-refractivity contribution >= 4 is 0 Å². The Kier molecular flexibility index (Phi) is 4.86. The van der Waals surface area contributed by atoms with Gasteiger partial charge in [0.25, 0.3) is 0 Å². The summed E-state index contributed by atoms with van der Waals surface area (Å²) in [7, 11) is 2.27. The summed E-state index contributed by atoms with van der Waals surface area (Å²) in [4.78, 5) is 1.44. The molecular formula is C25H28NO+. The predicted octanol–water partition coefficient (Wildman–Crippen LogP) is 3.91. The van der Waals surface area contributed by atoms with Gasteiger partial charge >= 0.3 is 0 Å². The maximum Gasteiger partial charge on any atom is 0.119 e. The largest absolute Gasteiger partial charge is 0.384 e. The van der Waals surface area contributed by atoms with Crippen LogP contribution in [-0.2, 0) is 5.60 Å². The molecule has 1 fully saturated rings. The van der Waals surface area contributed by atoms with Crippen molar-refractivity contribution < 1.29 is 10.0 Å². The van der Waals surface area contributed by atoms with Crippen LogP contribution in [0.2, 0.25) is 0 Å². The highest BCUT2D eigenvalue weighted by Gasteiger charge is 2.52. The van der Waals surface area contributed by atoms with Crippen molar-refractivity contribution in [3.63, 3.8) is 0 Å². The summed E-state index contributed by atoms with van der Waals surface area (Å²) in [6, 6.07) is 32.0. The minimum absolute atomic E-state index is 0.0993. The van der Waals surface area contributed by atoms with Gasteiger partial charge in [-0.25, -0.2) is 0 Å². The van der Waals surface area contributed by atoms with Crippen molar-refractivity contribution in [3.8, 4) is 0 Å². The summed E-state index contributed by atoms with van der Waals surface area (Å²) in [6.07, 6.45) is 0.720. The number of benzene rings is 3. The summed E-state index contributed by atoms with van der Waals surface area (Å²) in [5.41, 5.74) is 2.74. The number of likely N-dealkylation sites (tertiary alicyclic amines) is 1. The zero-order valence-corrected chi connectivity index (χ0v) is 16.0. The van der Waals surface area contributed by atoms with E-state index < -0.39 is 5.60 Å². The fourth-order valence-corrected chi connectivity index (χ4v) is 4.93. The van der Waals surface area contributed by atoms with Crippen LogP contribution >= 0.6 is 0 Å². The van der Waals surface area contributed by atoms with E-state index in [9.17, 15) is 5.11 Å². The molecule has 3 aromatic carbocycles. The summed E-state index contributed by atoms with van der Waals surface area (Å²) in [6.45, 7) is 2.20. The van der Waals surface area contributed by atoms with E-state index in [4.69, 9.17) is 0 Å². The van der Waals surface area contributed by atoms with Gasteiger partial charge in [-0.15, -0.1) is 0 Å². The topological polar surface area (TPSA) is 24.7 Å². The maximum absolute atomic E-state index is 12.0. The number of nitrogens with one attached hydrogen (secondary N) is 1. The standard InChI is InChI=1S/C25H27NO/c1-19-24(21-14-8-4-9-15-21)26(2)23(20-12-6-3-7-13-20)18-25(19,27)22-16-10-5-11-17-22/h3-17,19,23-24,27H,18H2,1-2H3/p+1/t19-,23-,24-,25+/m0/s1. The Morgan fingerprint density at radius 2 is 1.26 bits per heavy atom. The van der Waals surface area contributed by atoms with Crippen LogP contribution in [-0.4, -0.2) is 12.2 Å². The Balaban J connectivity index is 1.84. The van der Waals surface area contributed by atoms with Crippen molar-refractivity contribution in [2.24, 2.45) is 5.92 Å². The van der Waals surface area contributed by atoms with E-state index in [1.54, 1.807) is 0 Å². The molecule has 0 spiro atoms. The SMILES string of the molecule is C[C@H]1[C@@H](c2ccccc2)[NH+](C)[C@H](c2ccccc2)C[C@]1(O)c1ccccc1. The van der Waals surface area contributed by atoms with Crippen LogP contribution < -0.4 is 4.90 Å². The first-order valence-corrected chi connectivity index (χ1v) is 9.82. The van der Waals surface area contributed by atoms with Crippen molar-refractivity contribution in [3.05, 3.63) is 108 Å². The number of rotatable bonds is 3. The van der Waals surface area contributed by atoms with Crippen LogP contribution in [0.25, 0.3) is 0 Å². The molecule has 1 heterocycles. The lowest BCUT2D eigenvalue weighted by molar-refractivity contribution is -0.957. The molecule has 5 atom stereocenters. The van der Waals surface area contributed by atoms with E-state index in [1.807, 2.05) is 18.2 Å². The molecular weight excluding hydrogens is 330 g/mol. The van der Waals surface area contributed by atoms with Crippen molar-refractivity contribution in [2.45, 2.75) is 31.0 Å². The molecule has 2 heteroatoms. The molecule has 138 valence electrons. The molecule has 0 saturated carbocycles. The predicted molar refractivity (Wildman–Crippen MR) is 109 cm³/mol. The Hall–Kier alpha value is -2.42. The monoisotopic (exact) mass is 358 g/mol. The maximum atomic E-state index is 12.0. The summed E-state index contributed by atoms with van der Waals surface area (Å²) < 4.78 is 0. The molecule has 0 radical (unpaired) electrons. The van der Waals surface area contributed by atoms with Gasteiger partial charge in [-0.1, -0.05) is 97.9 Å². The second-order valence-electron chi connectivity index (χ2n) is 7.88. The third-order valence-electron chi connectivity index (χ3n) is 6.44. The Morgan fingerprint density at radius 1 is 0.778 bits per heavy atom. The highest BCUT2D eigenvalue weighted by atomic mass is 16.3.